The Bertz CT molecular complexity index is 578. The second-order valence-electron chi connectivity index (χ2n) is 4.78. The highest BCUT2D eigenvalue weighted by atomic mass is 79.9. The van der Waals surface area contributed by atoms with E-state index < -0.39 is 0 Å². The number of thioether (sulfide) groups is 1. The fourth-order valence-corrected chi connectivity index (χ4v) is 3.37. The minimum atomic E-state index is -0.0122. The van der Waals surface area contributed by atoms with E-state index in [2.05, 4.69) is 52.2 Å². The Balaban J connectivity index is 2.13. The number of hydrogen-bond donors (Lipinski definition) is 1. The summed E-state index contributed by atoms with van der Waals surface area (Å²) in [5, 5.41) is 4.41. The predicted molar refractivity (Wildman–Crippen MR) is 89.1 cm³/mol. The van der Waals surface area contributed by atoms with Crippen LogP contribution < -0.4 is 5.73 Å². The number of nitrogens with zero attached hydrogens (tertiary/aromatic N) is 2. The molecule has 2 rings (SSSR count). The summed E-state index contributed by atoms with van der Waals surface area (Å²) < 4.78 is 2.97. The Labute approximate surface area is 133 Å². The molecule has 0 aliphatic carbocycles. The lowest BCUT2D eigenvalue weighted by Crippen LogP contribution is -2.15. The molecule has 0 fully saturated rings. The van der Waals surface area contributed by atoms with Gasteiger partial charge in [0, 0.05) is 24.4 Å². The first-order valence-electron chi connectivity index (χ1n) is 6.69. The molecule has 1 aromatic heterocycles. The van der Waals surface area contributed by atoms with Gasteiger partial charge in [0.15, 0.2) is 0 Å². The van der Waals surface area contributed by atoms with E-state index in [1.54, 1.807) is 0 Å². The number of hydrogen-bond acceptors (Lipinski definition) is 3. The molecule has 0 aliphatic heterocycles. The molecule has 0 saturated carbocycles. The quantitative estimate of drug-likeness (QED) is 0.830. The van der Waals surface area contributed by atoms with Gasteiger partial charge in [-0.3, -0.25) is 4.68 Å². The van der Waals surface area contributed by atoms with Crippen LogP contribution in [0.25, 0.3) is 0 Å². The highest BCUT2D eigenvalue weighted by molar-refractivity contribution is 9.10. The number of aromatic nitrogens is 2. The highest BCUT2D eigenvalue weighted by Crippen LogP contribution is 2.26. The zero-order valence-electron chi connectivity index (χ0n) is 12.1. The summed E-state index contributed by atoms with van der Waals surface area (Å²) in [6, 6.07) is 8.53. The van der Waals surface area contributed by atoms with Crippen LogP contribution in [0.15, 0.2) is 33.6 Å². The first-order valence-corrected chi connectivity index (χ1v) is 8.47. The predicted octanol–water partition coefficient (Wildman–Crippen LogP) is 3.85. The van der Waals surface area contributed by atoms with E-state index in [1.807, 2.05) is 30.4 Å². The first kappa shape index (κ1) is 15.6. The monoisotopic (exact) mass is 353 g/mol. The average Bonchev–Trinajstić information content (AvgIpc) is 2.66. The van der Waals surface area contributed by atoms with Crippen LogP contribution in [-0.4, -0.2) is 15.5 Å². The molecule has 2 N–H and O–H groups in total. The maximum Gasteiger partial charge on any atom is 0.0738 e. The number of nitrogens with two attached hydrogens (primary N) is 1. The van der Waals surface area contributed by atoms with Crippen LogP contribution in [0.2, 0.25) is 0 Å². The van der Waals surface area contributed by atoms with Gasteiger partial charge in [-0.2, -0.15) is 5.10 Å². The topological polar surface area (TPSA) is 43.8 Å². The third kappa shape index (κ3) is 3.45. The maximum atomic E-state index is 6.33. The molecule has 3 nitrogen and oxygen atoms in total. The minimum Gasteiger partial charge on any atom is -0.324 e. The highest BCUT2D eigenvalue weighted by Gasteiger charge is 2.15. The molecule has 2 aromatic rings. The molecule has 0 spiro atoms. The summed E-state index contributed by atoms with van der Waals surface area (Å²) in [4.78, 5) is 1.29. The standard InChI is InChI=1S/C15H20BrN3S/c1-4-20-12-7-5-11(6-8-12)13(17)9-14-15(16)10(2)18-19(14)3/h5-8,13H,4,9,17H2,1-3H3. The summed E-state index contributed by atoms with van der Waals surface area (Å²) in [5.74, 6) is 1.09. The van der Waals surface area contributed by atoms with Gasteiger partial charge < -0.3 is 5.73 Å². The van der Waals surface area contributed by atoms with Crippen molar-refractivity contribution in [2.24, 2.45) is 12.8 Å². The number of aryl methyl sites for hydroxylation is 2. The fourth-order valence-electron chi connectivity index (χ4n) is 2.21. The van der Waals surface area contributed by atoms with Crippen molar-refractivity contribution in [1.82, 2.24) is 9.78 Å². The van der Waals surface area contributed by atoms with Crippen molar-refractivity contribution >= 4 is 27.7 Å². The Hall–Kier alpha value is -0.780. The van der Waals surface area contributed by atoms with E-state index in [0.29, 0.717) is 0 Å². The Kier molecular flexibility index (Phi) is 5.29. The average molecular weight is 354 g/mol. The zero-order valence-corrected chi connectivity index (χ0v) is 14.5. The van der Waals surface area contributed by atoms with E-state index in [1.165, 1.54) is 4.90 Å². The molecule has 20 heavy (non-hydrogen) atoms. The summed E-state index contributed by atoms with van der Waals surface area (Å²) >= 11 is 5.44. The molecule has 108 valence electrons. The summed E-state index contributed by atoms with van der Waals surface area (Å²) in [7, 11) is 1.96. The molecule has 0 radical (unpaired) electrons. The van der Waals surface area contributed by atoms with E-state index in [4.69, 9.17) is 5.73 Å². The SMILES string of the molecule is CCSc1ccc(C(N)Cc2c(Br)c(C)nn2C)cc1. The van der Waals surface area contributed by atoms with Gasteiger partial charge in [-0.05, 0) is 46.3 Å². The van der Waals surface area contributed by atoms with Gasteiger partial charge in [0.2, 0.25) is 0 Å². The van der Waals surface area contributed by atoms with Gasteiger partial charge >= 0.3 is 0 Å². The van der Waals surface area contributed by atoms with E-state index in [0.717, 1.165) is 33.6 Å². The first-order chi connectivity index (χ1) is 9.52. The molecule has 1 heterocycles. The van der Waals surface area contributed by atoms with Crippen molar-refractivity contribution in [2.45, 2.75) is 31.2 Å². The molecule has 1 aromatic carbocycles. The van der Waals surface area contributed by atoms with Gasteiger partial charge in [-0.15, -0.1) is 11.8 Å². The van der Waals surface area contributed by atoms with E-state index in [-0.39, 0.29) is 6.04 Å². The van der Waals surface area contributed by atoms with Gasteiger partial charge in [-0.25, -0.2) is 0 Å². The van der Waals surface area contributed by atoms with Crippen LogP contribution in [-0.2, 0) is 13.5 Å². The van der Waals surface area contributed by atoms with E-state index in [9.17, 15) is 0 Å². The number of halogens is 1. The lowest BCUT2D eigenvalue weighted by Gasteiger charge is -2.13. The van der Waals surface area contributed by atoms with Crippen LogP contribution >= 0.6 is 27.7 Å². The Morgan fingerprint density at radius 2 is 2.00 bits per heavy atom. The summed E-state index contributed by atoms with van der Waals surface area (Å²) in [5.41, 5.74) is 9.64. The van der Waals surface area contributed by atoms with Gasteiger partial charge in [0.1, 0.15) is 0 Å². The van der Waals surface area contributed by atoms with Crippen molar-refractivity contribution < 1.29 is 0 Å². The Morgan fingerprint density at radius 1 is 1.35 bits per heavy atom. The van der Waals surface area contributed by atoms with Crippen molar-refractivity contribution in [3.05, 3.63) is 45.7 Å². The summed E-state index contributed by atoms with van der Waals surface area (Å²) in [6.45, 7) is 4.16. The fraction of sp³-hybridized carbons (Fsp3) is 0.400. The zero-order chi connectivity index (χ0) is 14.7. The molecule has 1 atom stereocenters. The van der Waals surface area contributed by atoms with Crippen LogP contribution in [0, 0.1) is 6.92 Å². The molecule has 1 unspecified atom stereocenters. The molecule has 0 amide bonds. The van der Waals surface area contributed by atoms with Crippen molar-refractivity contribution in [2.75, 3.05) is 5.75 Å². The van der Waals surface area contributed by atoms with Crippen molar-refractivity contribution in [1.29, 1.82) is 0 Å². The third-order valence-corrected chi connectivity index (χ3v) is 5.22. The molecule has 0 bridgehead atoms. The van der Waals surface area contributed by atoms with Crippen molar-refractivity contribution in [3.8, 4) is 0 Å². The van der Waals surface area contributed by atoms with Gasteiger partial charge in [0.05, 0.1) is 15.9 Å². The van der Waals surface area contributed by atoms with Crippen molar-refractivity contribution in [3.63, 3.8) is 0 Å². The molecule has 5 heteroatoms. The molecular weight excluding hydrogens is 334 g/mol. The minimum absolute atomic E-state index is 0.0122. The molecule has 0 aliphatic rings. The van der Waals surface area contributed by atoms with Crippen LogP contribution in [0.3, 0.4) is 0 Å². The van der Waals surface area contributed by atoms with Gasteiger partial charge in [0.25, 0.3) is 0 Å². The molecular formula is C15H20BrN3S. The smallest absolute Gasteiger partial charge is 0.0738 e. The lowest BCUT2D eigenvalue weighted by atomic mass is 10.0. The third-order valence-electron chi connectivity index (χ3n) is 3.29. The number of rotatable bonds is 5. The lowest BCUT2D eigenvalue weighted by molar-refractivity contribution is 0.638. The second kappa shape index (κ2) is 6.78. The van der Waals surface area contributed by atoms with Crippen LogP contribution in [0.4, 0.5) is 0 Å². The Morgan fingerprint density at radius 3 is 2.50 bits per heavy atom. The van der Waals surface area contributed by atoms with Gasteiger partial charge in [-0.1, -0.05) is 19.1 Å². The van der Waals surface area contributed by atoms with Crippen LogP contribution in [0.5, 0.6) is 0 Å². The largest absolute Gasteiger partial charge is 0.324 e. The van der Waals surface area contributed by atoms with Crippen LogP contribution in [0.1, 0.15) is 29.9 Å². The normalized spacial score (nSPS) is 12.7. The van der Waals surface area contributed by atoms with E-state index >= 15 is 0 Å². The number of benzene rings is 1. The summed E-state index contributed by atoms with van der Waals surface area (Å²) in [6.07, 6.45) is 0.776. The maximum absolute atomic E-state index is 6.33. The second-order valence-corrected chi connectivity index (χ2v) is 6.91. The molecule has 0 saturated heterocycles.